The Morgan fingerprint density at radius 3 is 1.90 bits per heavy atom. The molecular weight excluding hydrogens is 372 g/mol. The van der Waals surface area contributed by atoms with Gasteiger partial charge >= 0.3 is 6.03 Å². The summed E-state index contributed by atoms with van der Waals surface area (Å²) >= 11 is 0. The number of nitrogens with zero attached hydrogens (tertiary/aromatic N) is 1. The molecule has 152 valence electrons. The average molecular weight is 399 g/mol. The number of urea groups is 1. The van der Waals surface area contributed by atoms with Crippen LogP contribution >= 0.6 is 0 Å². The predicted octanol–water partition coefficient (Wildman–Crippen LogP) is 5.50. The van der Waals surface area contributed by atoms with Gasteiger partial charge in [-0.3, -0.25) is 4.79 Å². The van der Waals surface area contributed by atoms with Gasteiger partial charge in [0.05, 0.1) is 0 Å². The lowest BCUT2D eigenvalue weighted by Crippen LogP contribution is -2.39. The lowest BCUT2D eigenvalue weighted by Gasteiger charge is -2.31. The molecule has 0 spiro atoms. The molecule has 4 heteroatoms. The minimum absolute atomic E-state index is 0.0107. The van der Waals surface area contributed by atoms with E-state index in [1.807, 2.05) is 17.0 Å². The summed E-state index contributed by atoms with van der Waals surface area (Å²) in [7, 11) is 0. The zero-order valence-corrected chi connectivity index (χ0v) is 17.3. The number of amides is 2. The van der Waals surface area contributed by atoms with Crippen LogP contribution in [-0.2, 0) is 5.41 Å². The number of benzene rings is 3. The second-order valence-corrected chi connectivity index (χ2v) is 8.06. The fourth-order valence-electron chi connectivity index (χ4n) is 4.48. The van der Waals surface area contributed by atoms with E-state index in [2.05, 4.69) is 60.8 Å². The third-order valence-corrected chi connectivity index (χ3v) is 6.07. The van der Waals surface area contributed by atoms with Crippen LogP contribution < -0.4 is 5.32 Å². The highest BCUT2D eigenvalue weighted by molar-refractivity contribution is 5.95. The van der Waals surface area contributed by atoms with Gasteiger partial charge in [0.15, 0.2) is 5.78 Å². The number of hydrogen-bond donors (Lipinski definition) is 1. The van der Waals surface area contributed by atoms with Crippen LogP contribution in [0.1, 0.15) is 41.8 Å². The second kappa shape index (κ2) is 8.15. The maximum absolute atomic E-state index is 13.1. The summed E-state index contributed by atoms with van der Waals surface area (Å²) < 4.78 is 0. The van der Waals surface area contributed by atoms with E-state index >= 15 is 0 Å². The molecule has 30 heavy (non-hydrogen) atoms. The van der Waals surface area contributed by atoms with Crippen molar-refractivity contribution in [3.05, 3.63) is 102 Å². The van der Waals surface area contributed by atoms with E-state index in [1.54, 1.807) is 24.3 Å². The van der Waals surface area contributed by atoms with Crippen LogP contribution in [0.3, 0.4) is 0 Å². The molecule has 3 aromatic carbocycles. The van der Waals surface area contributed by atoms with E-state index in [0.717, 1.165) is 6.42 Å². The van der Waals surface area contributed by atoms with Crippen molar-refractivity contribution in [3.63, 3.8) is 0 Å². The summed E-state index contributed by atoms with van der Waals surface area (Å²) in [6.07, 6.45) is 0.859. The summed E-state index contributed by atoms with van der Waals surface area (Å²) in [5.41, 5.74) is 3.54. The van der Waals surface area contributed by atoms with Gasteiger partial charge in [0.1, 0.15) is 0 Å². The Morgan fingerprint density at radius 1 is 0.867 bits per heavy atom. The number of anilines is 1. The van der Waals surface area contributed by atoms with E-state index in [9.17, 15) is 9.59 Å². The Labute approximate surface area is 177 Å². The van der Waals surface area contributed by atoms with E-state index in [4.69, 9.17) is 0 Å². The summed E-state index contributed by atoms with van der Waals surface area (Å²) in [5.74, 6) is 0.0107. The highest BCUT2D eigenvalue weighted by atomic mass is 16.2. The van der Waals surface area contributed by atoms with E-state index in [-0.39, 0.29) is 23.3 Å². The number of likely N-dealkylation sites (tertiary alicyclic amines) is 1. The lowest BCUT2D eigenvalue weighted by molar-refractivity contribution is 0.101. The zero-order valence-electron chi connectivity index (χ0n) is 17.3. The second-order valence-electron chi connectivity index (χ2n) is 8.06. The molecule has 1 unspecified atom stereocenters. The Hall–Kier alpha value is -3.40. The quantitative estimate of drug-likeness (QED) is 0.590. The maximum Gasteiger partial charge on any atom is 0.322 e. The molecule has 1 aliphatic rings. The molecule has 1 heterocycles. The van der Waals surface area contributed by atoms with Crippen molar-refractivity contribution in [3.8, 4) is 0 Å². The molecule has 4 rings (SSSR count). The topological polar surface area (TPSA) is 49.4 Å². The fourth-order valence-corrected chi connectivity index (χ4v) is 4.48. The van der Waals surface area contributed by atoms with Crippen molar-refractivity contribution < 1.29 is 9.59 Å². The third-order valence-electron chi connectivity index (χ3n) is 6.07. The molecule has 3 aromatic rings. The van der Waals surface area contributed by atoms with Crippen molar-refractivity contribution in [2.45, 2.75) is 31.7 Å². The Bertz CT molecular complexity index is 990. The van der Waals surface area contributed by atoms with Crippen LogP contribution in [0.25, 0.3) is 0 Å². The zero-order chi connectivity index (χ0) is 21.1. The van der Waals surface area contributed by atoms with Gasteiger partial charge in [0.2, 0.25) is 0 Å². The summed E-state index contributed by atoms with van der Waals surface area (Å²) in [6, 6.07) is 27.9. The van der Waals surface area contributed by atoms with Gasteiger partial charge in [-0.1, -0.05) is 60.7 Å². The first-order valence-electron chi connectivity index (χ1n) is 10.3. The van der Waals surface area contributed by atoms with Crippen LogP contribution in [0, 0.1) is 0 Å². The van der Waals surface area contributed by atoms with Crippen LogP contribution in [0.15, 0.2) is 84.9 Å². The molecule has 4 nitrogen and oxygen atoms in total. The molecule has 1 atom stereocenters. The number of carbonyl (C=O) groups excluding carboxylic acids is 2. The van der Waals surface area contributed by atoms with Crippen molar-refractivity contribution in [1.82, 2.24) is 4.90 Å². The van der Waals surface area contributed by atoms with Gasteiger partial charge in [0.25, 0.3) is 0 Å². The van der Waals surface area contributed by atoms with Gasteiger partial charge in [0, 0.05) is 29.3 Å². The first kappa shape index (κ1) is 19.9. The van der Waals surface area contributed by atoms with Gasteiger partial charge < -0.3 is 10.2 Å². The highest BCUT2D eigenvalue weighted by Crippen LogP contribution is 2.43. The minimum Gasteiger partial charge on any atom is -0.321 e. The number of Topliss-reactive ketones (excluding diaryl/α,β-unsaturated/α-hetero) is 1. The maximum atomic E-state index is 13.1. The van der Waals surface area contributed by atoms with Gasteiger partial charge in [-0.15, -0.1) is 0 Å². The highest BCUT2D eigenvalue weighted by Gasteiger charge is 2.46. The number of hydrogen-bond acceptors (Lipinski definition) is 2. The molecule has 1 aliphatic heterocycles. The Kier molecular flexibility index (Phi) is 5.40. The van der Waals surface area contributed by atoms with Crippen LogP contribution in [0.4, 0.5) is 10.5 Å². The molecular formula is C26H26N2O2. The van der Waals surface area contributed by atoms with E-state index in [1.165, 1.54) is 18.1 Å². The molecule has 1 N–H and O–H groups in total. The number of carbonyl (C=O) groups is 2. The van der Waals surface area contributed by atoms with Gasteiger partial charge in [-0.25, -0.2) is 4.79 Å². The first-order valence-corrected chi connectivity index (χ1v) is 10.3. The molecule has 2 amide bonds. The Balaban J connectivity index is 1.61. The monoisotopic (exact) mass is 398 g/mol. The van der Waals surface area contributed by atoms with Crippen LogP contribution in [-0.4, -0.2) is 29.3 Å². The predicted molar refractivity (Wildman–Crippen MR) is 120 cm³/mol. The van der Waals surface area contributed by atoms with E-state index in [0.29, 0.717) is 17.8 Å². The number of rotatable bonds is 4. The molecule has 1 saturated heterocycles. The molecule has 0 saturated carbocycles. The van der Waals surface area contributed by atoms with E-state index < -0.39 is 0 Å². The van der Waals surface area contributed by atoms with Gasteiger partial charge in [-0.05, 0) is 55.7 Å². The van der Waals surface area contributed by atoms with Crippen molar-refractivity contribution in [2.24, 2.45) is 0 Å². The average Bonchev–Trinajstić information content (AvgIpc) is 3.14. The fraction of sp³-hybridized carbons (Fsp3) is 0.231. The number of nitrogens with one attached hydrogen (secondary N) is 1. The summed E-state index contributed by atoms with van der Waals surface area (Å²) in [4.78, 5) is 26.5. The van der Waals surface area contributed by atoms with Crippen molar-refractivity contribution in [2.75, 3.05) is 11.9 Å². The normalized spacial score (nSPS) is 17.5. The number of ketones is 1. The summed E-state index contributed by atoms with van der Waals surface area (Å²) in [6.45, 7) is 4.25. The molecule has 1 fully saturated rings. The molecule has 0 aliphatic carbocycles. The minimum atomic E-state index is -0.238. The smallest absolute Gasteiger partial charge is 0.321 e. The largest absolute Gasteiger partial charge is 0.322 e. The first-order chi connectivity index (χ1) is 14.5. The summed E-state index contributed by atoms with van der Waals surface area (Å²) in [5, 5.41) is 3.00. The standard InChI is InChI=1S/C26H26N2O2/c1-19-17-26(22-9-5-3-6-10-22,23-11-7-4-8-12-23)18-28(19)25(30)27-24-15-13-21(14-16-24)20(2)29/h3-16,19H,17-18H2,1-2H3,(H,27,30). The van der Waals surface area contributed by atoms with Crippen molar-refractivity contribution in [1.29, 1.82) is 0 Å². The Morgan fingerprint density at radius 2 is 1.40 bits per heavy atom. The third kappa shape index (κ3) is 3.73. The van der Waals surface area contributed by atoms with Gasteiger partial charge in [-0.2, -0.15) is 0 Å². The molecule has 0 bridgehead atoms. The molecule has 0 aromatic heterocycles. The molecule has 0 radical (unpaired) electrons. The lowest BCUT2D eigenvalue weighted by atomic mass is 9.73. The van der Waals surface area contributed by atoms with Crippen molar-refractivity contribution >= 4 is 17.5 Å². The van der Waals surface area contributed by atoms with Crippen LogP contribution in [0.2, 0.25) is 0 Å². The SMILES string of the molecule is CC(=O)c1ccc(NC(=O)N2CC(c3ccccc3)(c3ccccc3)CC2C)cc1. The van der Waals surface area contributed by atoms with Crippen LogP contribution in [0.5, 0.6) is 0 Å².